The van der Waals surface area contributed by atoms with Gasteiger partial charge in [-0.15, -0.1) is 0 Å². The molecule has 0 saturated heterocycles. The van der Waals surface area contributed by atoms with Crippen molar-refractivity contribution in [3.63, 3.8) is 0 Å². The number of carbonyl (C=O) groups is 2. The largest absolute Gasteiger partial charge is 0.479 e. The molecule has 0 aliphatic rings. The summed E-state index contributed by atoms with van der Waals surface area (Å²) in [6.07, 6.45) is -0.961. The molecule has 2 aromatic carbocycles. The SMILES string of the molecule is C[C@H](Oc1cccc(C(=O)c2ccccc2)c1)C(=O)O. The Morgan fingerprint density at radius 1 is 1.00 bits per heavy atom. The van der Waals surface area contributed by atoms with E-state index in [2.05, 4.69) is 0 Å². The van der Waals surface area contributed by atoms with E-state index in [1.54, 1.807) is 48.5 Å². The van der Waals surface area contributed by atoms with E-state index >= 15 is 0 Å². The summed E-state index contributed by atoms with van der Waals surface area (Å²) in [7, 11) is 0. The Labute approximate surface area is 116 Å². The highest BCUT2D eigenvalue weighted by atomic mass is 16.5. The summed E-state index contributed by atoms with van der Waals surface area (Å²) in [6, 6.07) is 15.4. The quantitative estimate of drug-likeness (QED) is 0.848. The molecule has 0 amide bonds. The second-order valence-corrected chi connectivity index (χ2v) is 4.32. The molecule has 20 heavy (non-hydrogen) atoms. The first-order valence-electron chi connectivity index (χ1n) is 6.17. The molecule has 2 rings (SSSR count). The van der Waals surface area contributed by atoms with E-state index in [1.165, 1.54) is 6.92 Å². The van der Waals surface area contributed by atoms with E-state index < -0.39 is 12.1 Å². The lowest BCUT2D eigenvalue weighted by molar-refractivity contribution is -0.144. The molecule has 2 aromatic rings. The standard InChI is InChI=1S/C16H14O4/c1-11(16(18)19)20-14-9-5-8-13(10-14)15(17)12-6-3-2-4-7-12/h2-11H,1H3,(H,18,19)/t11-/m0/s1. The molecule has 1 N–H and O–H groups in total. The van der Waals surface area contributed by atoms with Gasteiger partial charge in [-0.05, 0) is 19.1 Å². The summed E-state index contributed by atoms with van der Waals surface area (Å²) in [5.41, 5.74) is 1.04. The van der Waals surface area contributed by atoms with Crippen molar-refractivity contribution < 1.29 is 19.4 Å². The third-order valence-electron chi connectivity index (χ3n) is 2.79. The molecule has 0 fully saturated rings. The molecule has 0 heterocycles. The zero-order valence-electron chi connectivity index (χ0n) is 10.9. The monoisotopic (exact) mass is 270 g/mol. The average molecular weight is 270 g/mol. The van der Waals surface area contributed by atoms with Crippen molar-refractivity contribution in [2.45, 2.75) is 13.0 Å². The Hall–Kier alpha value is -2.62. The maximum Gasteiger partial charge on any atom is 0.344 e. The smallest absolute Gasteiger partial charge is 0.344 e. The van der Waals surface area contributed by atoms with Crippen LogP contribution in [0.1, 0.15) is 22.8 Å². The second-order valence-electron chi connectivity index (χ2n) is 4.32. The fourth-order valence-electron chi connectivity index (χ4n) is 1.72. The van der Waals surface area contributed by atoms with E-state index in [1.807, 2.05) is 6.07 Å². The Balaban J connectivity index is 2.22. The van der Waals surface area contributed by atoms with Crippen LogP contribution in [0.5, 0.6) is 5.75 Å². The molecule has 4 nitrogen and oxygen atoms in total. The van der Waals surface area contributed by atoms with Crippen molar-refractivity contribution in [1.82, 2.24) is 0 Å². The highest BCUT2D eigenvalue weighted by molar-refractivity contribution is 6.09. The van der Waals surface area contributed by atoms with Gasteiger partial charge < -0.3 is 9.84 Å². The van der Waals surface area contributed by atoms with Crippen LogP contribution in [-0.2, 0) is 4.79 Å². The molecule has 0 aliphatic heterocycles. The van der Waals surface area contributed by atoms with Crippen LogP contribution in [0.3, 0.4) is 0 Å². The van der Waals surface area contributed by atoms with Gasteiger partial charge in [0.2, 0.25) is 0 Å². The zero-order chi connectivity index (χ0) is 14.5. The number of aliphatic carboxylic acids is 1. The number of carbonyl (C=O) groups excluding carboxylic acids is 1. The van der Waals surface area contributed by atoms with Gasteiger partial charge in [0.25, 0.3) is 0 Å². The van der Waals surface area contributed by atoms with E-state index in [-0.39, 0.29) is 5.78 Å². The van der Waals surface area contributed by atoms with Crippen molar-refractivity contribution in [3.05, 3.63) is 65.7 Å². The molecular formula is C16H14O4. The number of benzene rings is 2. The number of hydrogen-bond donors (Lipinski definition) is 1. The highest BCUT2D eigenvalue weighted by Gasteiger charge is 2.14. The fraction of sp³-hybridized carbons (Fsp3) is 0.125. The second kappa shape index (κ2) is 6.02. The maximum absolute atomic E-state index is 12.2. The van der Waals surface area contributed by atoms with Gasteiger partial charge in [-0.3, -0.25) is 4.79 Å². The van der Waals surface area contributed by atoms with E-state index in [4.69, 9.17) is 9.84 Å². The van der Waals surface area contributed by atoms with E-state index in [0.29, 0.717) is 16.9 Å². The topological polar surface area (TPSA) is 63.6 Å². The predicted octanol–water partition coefficient (Wildman–Crippen LogP) is 2.77. The number of ether oxygens (including phenoxy) is 1. The number of carboxylic acid groups (broad SMARTS) is 1. The summed E-state index contributed by atoms with van der Waals surface area (Å²) in [6.45, 7) is 1.44. The molecule has 0 saturated carbocycles. The normalized spacial score (nSPS) is 11.7. The van der Waals surface area contributed by atoms with E-state index in [0.717, 1.165) is 0 Å². The average Bonchev–Trinajstić information content (AvgIpc) is 2.47. The Morgan fingerprint density at radius 2 is 1.65 bits per heavy atom. The number of hydrogen-bond acceptors (Lipinski definition) is 3. The van der Waals surface area contributed by atoms with E-state index in [9.17, 15) is 9.59 Å². The Kier molecular flexibility index (Phi) is 4.15. The first-order chi connectivity index (χ1) is 9.58. The highest BCUT2D eigenvalue weighted by Crippen LogP contribution is 2.18. The van der Waals surface area contributed by atoms with Gasteiger partial charge in [-0.2, -0.15) is 0 Å². The summed E-state index contributed by atoms with van der Waals surface area (Å²) < 4.78 is 5.25. The number of ketones is 1. The molecule has 0 spiro atoms. The van der Waals surface area contributed by atoms with Gasteiger partial charge >= 0.3 is 5.97 Å². The molecule has 0 bridgehead atoms. The third kappa shape index (κ3) is 3.23. The van der Waals surface area contributed by atoms with Crippen LogP contribution in [0.15, 0.2) is 54.6 Å². The number of rotatable bonds is 5. The van der Waals surface area contributed by atoms with Crippen LogP contribution in [0.2, 0.25) is 0 Å². The first kappa shape index (κ1) is 13.8. The van der Waals surface area contributed by atoms with Crippen molar-refractivity contribution in [3.8, 4) is 5.75 Å². The molecule has 4 heteroatoms. The van der Waals surface area contributed by atoms with Crippen molar-refractivity contribution >= 4 is 11.8 Å². The van der Waals surface area contributed by atoms with Gasteiger partial charge in [0.1, 0.15) is 5.75 Å². The van der Waals surface area contributed by atoms with Crippen LogP contribution in [-0.4, -0.2) is 23.0 Å². The van der Waals surface area contributed by atoms with Gasteiger partial charge in [-0.25, -0.2) is 4.79 Å². The Morgan fingerprint density at radius 3 is 2.30 bits per heavy atom. The van der Waals surface area contributed by atoms with Gasteiger partial charge in [0.05, 0.1) is 0 Å². The molecule has 0 aliphatic carbocycles. The lowest BCUT2D eigenvalue weighted by Crippen LogP contribution is -2.22. The van der Waals surface area contributed by atoms with Crippen molar-refractivity contribution in [2.24, 2.45) is 0 Å². The molecule has 1 atom stereocenters. The minimum Gasteiger partial charge on any atom is -0.479 e. The minimum absolute atomic E-state index is 0.126. The van der Waals surface area contributed by atoms with Gasteiger partial charge in [0.15, 0.2) is 11.9 Å². The summed E-state index contributed by atoms with van der Waals surface area (Å²) in [5, 5.41) is 8.81. The molecular weight excluding hydrogens is 256 g/mol. The van der Waals surface area contributed by atoms with Crippen LogP contribution < -0.4 is 4.74 Å². The van der Waals surface area contributed by atoms with Crippen molar-refractivity contribution in [2.75, 3.05) is 0 Å². The minimum atomic E-state index is -1.05. The lowest BCUT2D eigenvalue weighted by atomic mass is 10.0. The fourth-order valence-corrected chi connectivity index (χ4v) is 1.72. The van der Waals surface area contributed by atoms with Crippen molar-refractivity contribution in [1.29, 1.82) is 0 Å². The predicted molar refractivity (Wildman–Crippen MR) is 74.0 cm³/mol. The zero-order valence-corrected chi connectivity index (χ0v) is 10.9. The molecule has 0 radical (unpaired) electrons. The molecule has 0 unspecified atom stereocenters. The van der Waals surface area contributed by atoms with Gasteiger partial charge in [-0.1, -0.05) is 42.5 Å². The summed E-state index contributed by atoms with van der Waals surface area (Å²) >= 11 is 0. The Bertz CT molecular complexity index is 619. The van der Waals surface area contributed by atoms with Gasteiger partial charge in [0, 0.05) is 11.1 Å². The van der Waals surface area contributed by atoms with Crippen LogP contribution in [0.25, 0.3) is 0 Å². The maximum atomic E-state index is 12.2. The van der Waals surface area contributed by atoms with Crippen LogP contribution in [0.4, 0.5) is 0 Å². The first-order valence-corrected chi connectivity index (χ1v) is 6.17. The molecule has 102 valence electrons. The summed E-state index contributed by atoms with van der Waals surface area (Å²) in [4.78, 5) is 23.0. The van der Waals surface area contributed by atoms with Crippen LogP contribution >= 0.6 is 0 Å². The number of carboxylic acids is 1. The lowest BCUT2D eigenvalue weighted by Gasteiger charge is -2.11. The molecule has 0 aromatic heterocycles. The third-order valence-corrected chi connectivity index (χ3v) is 2.79. The summed E-state index contributed by atoms with van der Waals surface area (Å²) in [5.74, 6) is -0.814. The van der Waals surface area contributed by atoms with Crippen LogP contribution in [0, 0.1) is 0 Å².